The Labute approximate surface area is 117 Å². The minimum absolute atomic E-state index is 0.165. The van der Waals surface area contributed by atoms with Gasteiger partial charge in [0.25, 0.3) is 0 Å². The van der Waals surface area contributed by atoms with Crippen molar-refractivity contribution < 1.29 is 13.5 Å². The van der Waals surface area contributed by atoms with Crippen LogP contribution in [0.1, 0.15) is 16.1 Å². The number of methoxy groups -OCH3 is 1. The smallest absolute Gasteiger partial charge is 0.216 e. The molecule has 2 rings (SSSR count). The molecule has 0 aliphatic carbocycles. The summed E-state index contributed by atoms with van der Waals surface area (Å²) in [4.78, 5) is 7.84. The normalized spacial score (nSPS) is 12.2. The van der Waals surface area contributed by atoms with Crippen molar-refractivity contribution in [2.45, 2.75) is 11.2 Å². The highest BCUT2D eigenvalue weighted by molar-refractivity contribution is 9.09. The molecule has 0 spiro atoms. The highest BCUT2D eigenvalue weighted by atomic mass is 79.9. The van der Waals surface area contributed by atoms with Gasteiger partial charge in [-0.1, -0.05) is 22.0 Å². The van der Waals surface area contributed by atoms with Crippen molar-refractivity contribution in [1.29, 1.82) is 0 Å². The largest absolute Gasteiger partial charge is 0.481 e. The molecule has 1 unspecified atom stereocenters. The van der Waals surface area contributed by atoms with Gasteiger partial charge in [-0.2, -0.15) is 0 Å². The minimum Gasteiger partial charge on any atom is -0.481 e. The van der Waals surface area contributed by atoms with E-state index in [-0.39, 0.29) is 4.83 Å². The number of alkyl halides is 1. The van der Waals surface area contributed by atoms with E-state index in [1.54, 1.807) is 6.07 Å². The lowest BCUT2D eigenvalue weighted by atomic mass is 10.1. The van der Waals surface area contributed by atoms with Gasteiger partial charge in [0.2, 0.25) is 5.88 Å². The molecule has 1 aromatic heterocycles. The Hall–Kier alpha value is -1.56. The van der Waals surface area contributed by atoms with Crippen LogP contribution in [-0.4, -0.2) is 17.1 Å². The van der Waals surface area contributed by atoms with Crippen molar-refractivity contribution in [3.05, 3.63) is 53.5 Å². The van der Waals surface area contributed by atoms with Crippen LogP contribution in [0, 0.1) is 11.6 Å². The van der Waals surface area contributed by atoms with E-state index >= 15 is 0 Å². The first kappa shape index (κ1) is 13.9. The Balaban J connectivity index is 2.15. The zero-order valence-corrected chi connectivity index (χ0v) is 11.7. The third kappa shape index (κ3) is 3.47. The first-order valence-corrected chi connectivity index (χ1v) is 6.45. The number of benzene rings is 1. The van der Waals surface area contributed by atoms with E-state index in [0.29, 0.717) is 17.9 Å². The third-order valence-electron chi connectivity index (χ3n) is 2.60. The van der Waals surface area contributed by atoms with Crippen LogP contribution >= 0.6 is 15.9 Å². The topological polar surface area (TPSA) is 35.0 Å². The van der Waals surface area contributed by atoms with Gasteiger partial charge in [0.1, 0.15) is 6.33 Å². The molecule has 0 fully saturated rings. The molecule has 0 aliphatic rings. The molecular formula is C13H11BrF2N2O. The van der Waals surface area contributed by atoms with E-state index in [4.69, 9.17) is 4.74 Å². The van der Waals surface area contributed by atoms with Crippen LogP contribution in [0.2, 0.25) is 0 Å². The third-order valence-corrected chi connectivity index (χ3v) is 3.45. The maximum absolute atomic E-state index is 13.2. The lowest BCUT2D eigenvalue weighted by Gasteiger charge is -2.10. The lowest BCUT2D eigenvalue weighted by molar-refractivity contribution is 0.396. The molecule has 100 valence electrons. The Morgan fingerprint density at radius 2 is 2.00 bits per heavy atom. The van der Waals surface area contributed by atoms with Crippen LogP contribution in [0.3, 0.4) is 0 Å². The zero-order chi connectivity index (χ0) is 13.8. The van der Waals surface area contributed by atoms with Crippen LogP contribution in [0.25, 0.3) is 0 Å². The number of nitrogens with zero attached hydrogens (tertiary/aromatic N) is 2. The van der Waals surface area contributed by atoms with Gasteiger partial charge in [0.05, 0.1) is 7.11 Å². The van der Waals surface area contributed by atoms with Crippen molar-refractivity contribution in [2.24, 2.45) is 0 Å². The Bertz CT molecular complexity index is 580. The highest BCUT2D eigenvalue weighted by Crippen LogP contribution is 2.28. The van der Waals surface area contributed by atoms with Gasteiger partial charge in [0, 0.05) is 23.0 Å². The second kappa shape index (κ2) is 6.06. The van der Waals surface area contributed by atoms with Crippen molar-refractivity contribution in [2.75, 3.05) is 7.11 Å². The van der Waals surface area contributed by atoms with Gasteiger partial charge < -0.3 is 4.74 Å². The summed E-state index contributed by atoms with van der Waals surface area (Å²) in [6.45, 7) is 0. The molecule has 0 aliphatic heterocycles. The molecule has 6 heteroatoms. The lowest BCUT2D eigenvalue weighted by Crippen LogP contribution is -2.00. The average molecular weight is 329 g/mol. The highest BCUT2D eigenvalue weighted by Gasteiger charge is 2.13. The van der Waals surface area contributed by atoms with Gasteiger partial charge in [-0.3, -0.25) is 0 Å². The first-order chi connectivity index (χ1) is 9.10. The summed E-state index contributed by atoms with van der Waals surface area (Å²) in [6.07, 6.45) is 1.92. The Morgan fingerprint density at radius 1 is 1.21 bits per heavy atom. The van der Waals surface area contributed by atoms with E-state index in [2.05, 4.69) is 25.9 Å². The van der Waals surface area contributed by atoms with Crippen LogP contribution < -0.4 is 4.74 Å². The molecule has 0 radical (unpaired) electrons. The van der Waals surface area contributed by atoms with E-state index in [1.165, 1.54) is 25.6 Å². The number of rotatable bonds is 4. The first-order valence-electron chi connectivity index (χ1n) is 5.54. The molecule has 19 heavy (non-hydrogen) atoms. The maximum atomic E-state index is 13.2. The average Bonchev–Trinajstić information content (AvgIpc) is 2.42. The summed E-state index contributed by atoms with van der Waals surface area (Å²) in [5, 5.41) is 0. The van der Waals surface area contributed by atoms with Crippen LogP contribution in [0.15, 0.2) is 30.6 Å². The zero-order valence-electron chi connectivity index (χ0n) is 10.1. The fourth-order valence-corrected chi connectivity index (χ4v) is 2.23. The van der Waals surface area contributed by atoms with Crippen molar-refractivity contribution in [1.82, 2.24) is 9.97 Å². The minimum atomic E-state index is -0.859. The second-order valence-electron chi connectivity index (χ2n) is 3.90. The van der Waals surface area contributed by atoms with Crippen LogP contribution in [-0.2, 0) is 6.42 Å². The van der Waals surface area contributed by atoms with Crippen molar-refractivity contribution in [3.8, 4) is 5.88 Å². The van der Waals surface area contributed by atoms with E-state index in [1.807, 2.05) is 0 Å². The monoisotopic (exact) mass is 328 g/mol. The fourth-order valence-electron chi connectivity index (χ4n) is 1.61. The molecule has 1 heterocycles. The molecule has 0 N–H and O–H groups in total. The number of aromatic nitrogens is 2. The number of ether oxygens (including phenoxy) is 1. The van der Waals surface area contributed by atoms with Gasteiger partial charge in [-0.15, -0.1) is 0 Å². The van der Waals surface area contributed by atoms with Crippen molar-refractivity contribution >= 4 is 15.9 Å². The molecule has 2 aromatic rings. The molecule has 0 saturated carbocycles. The fraction of sp³-hybridized carbons (Fsp3) is 0.231. The van der Waals surface area contributed by atoms with Gasteiger partial charge >= 0.3 is 0 Å². The van der Waals surface area contributed by atoms with E-state index in [0.717, 1.165) is 11.8 Å². The molecule has 0 saturated heterocycles. The molecule has 0 amide bonds. The van der Waals surface area contributed by atoms with Crippen LogP contribution in [0.4, 0.5) is 8.78 Å². The SMILES string of the molecule is COc1cc(CC(Br)c2ccc(F)c(F)c2)ncn1. The number of hydrogen-bond donors (Lipinski definition) is 0. The Morgan fingerprint density at radius 3 is 2.68 bits per heavy atom. The number of hydrogen-bond acceptors (Lipinski definition) is 3. The maximum Gasteiger partial charge on any atom is 0.216 e. The summed E-state index contributed by atoms with van der Waals surface area (Å²) in [5.41, 5.74) is 1.40. The summed E-state index contributed by atoms with van der Waals surface area (Å²) in [6, 6.07) is 5.52. The Kier molecular flexibility index (Phi) is 4.42. The molecule has 3 nitrogen and oxygen atoms in total. The standard InChI is InChI=1S/C13H11BrF2N2O/c1-19-13-6-9(17-7-18-13)5-10(14)8-2-3-11(15)12(16)4-8/h2-4,6-7,10H,5H2,1H3. The molecule has 1 aromatic carbocycles. The summed E-state index contributed by atoms with van der Waals surface area (Å²) < 4.78 is 31.0. The van der Waals surface area contributed by atoms with Crippen LogP contribution in [0.5, 0.6) is 5.88 Å². The number of halogens is 3. The van der Waals surface area contributed by atoms with Crippen molar-refractivity contribution in [3.63, 3.8) is 0 Å². The second-order valence-corrected chi connectivity index (χ2v) is 5.00. The molecule has 1 atom stereocenters. The predicted octanol–water partition coefficient (Wildman–Crippen LogP) is 3.44. The molecular weight excluding hydrogens is 318 g/mol. The van der Waals surface area contributed by atoms with E-state index in [9.17, 15) is 8.78 Å². The summed E-state index contributed by atoms with van der Waals surface area (Å²) in [5.74, 6) is -1.25. The van der Waals surface area contributed by atoms with Gasteiger partial charge in [0.15, 0.2) is 11.6 Å². The quantitative estimate of drug-likeness (QED) is 0.806. The van der Waals surface area contributed by atoms with E-state index < -0.39 is 11.6 Å². The summed E-state index contributed by atoms with van der Waals surface area (Å²) in [7, 11) is 1.52. The predicted molar refractivity (Wildman–Crippen MR) is 70.3 cm³/mol. The summed E-state index contributed by atoms with van der Waals surface area (Å²) >= 11 is 3.44. The van der Waals surface area contributed by atoms with Gasteiger partial charge in [-0.25, -0.2) is 18.7 Å². The van der Waals surface area contributed by atoms with Gasteiger partial charge in [-0.05, 0) is 17.7 Å². The molecule has 0 bridgehead atoms.